The highest BCUT2D eigenvalue weighted by molar-refractivity contribution is 6.37. The summed E-state index contributed by atoms with van der Waals surface area (Å²) < 4.78 is 5.75. The Bertz CT molecular complexity index is 790. The van der Waals surface area contributed by atoms with E-state index in [0.29, 0.717) is 27.2 Å². The lowest BCUT2D eigenvalue weighted by atomic mass is 10.2. The lowest BCUT2D eigenvalue weighted by Gasteiger charge is -2.09. The molecule has 0 fully saturated rings. The van der Waals surface area contributed by atoms with E-state index in [0.717, 1.165) is 10.9 Å². The normalized spacial score (nSPS) is 10.7. The molecule has 2 aromatic carbocycles. The molecule has 0 bridgehead atoms. The van der Waals surface area contributed by atoms with Crippen LogP contribution in [0.1, 0.15) is 0 Å². The summed E-state index contributed by atoms with van der Waals surface area (Å²) in [5.41, 5.74) is 6.96. The minimum absolute atomic E-state index is 0.439. The van der Waals surface area contributed by atoms with E-state index >= 15 is 0 Å². The molecule has 5 heteroatoms. The second-order valence-corrected chi connectivity index (χ2v) is 5.02. The number of ether oxygens (including phenoxy) is 1. The van der Waals surface area contributed by atoms with Crippen molar-refractivity contribution in [2.45, 2.75) is 0 Å². The number of nitrogen functional groups attached to an aromatic ring is 1. The molecule has 0 atom stereocenters. The molecular weight excluding hydrogens is 295 g/mol. The van der Waals surface area contributed by atoms with Crippen molar-refractivity contribution in [1.29, 1.82) is 0 Å². The topological polar surface area (TPSA) is 48.1 Å². The maximum absolute atomic E-state index is 6.19. The molecule has 1 aromatic heterocycles. The van der Waals surface area contributed by atoms with E-state index in [2.05, 4.69) is 4.98 Å². The number of pyridine rings is 1. The molecule has 0 aliphatic heterocycles. The highest BCUT2D eigenvalue weighted by Gasteiger charge is 2.07. The van der Waals surface area contributed by atoms with Crippen molar-refractivity contribution < 1.29 is 4.74 Å². The zero-order chi connectivity index (χ0) is 14.1. The summed E-state index contributed by atoms with van der Waals surface area (Å²) in [5, 5.41) is 1.76. The first-order valence-corrected chi connectivity index (χ1v) is 6.67. The maximum atomic E-state index is 6.19. The van der Waals surface area contributed by atoms with Crippen LogP contribution in [0.3, 0.4) is 0 Å². The van der Waals surface area contributed by atoms with E-state index in [9.17, 15) is 0 Å². The number of halogens is 2. The van der Waals surface area contributed by atoms with Gasteiger partial charge in [-0.2, -0.15) is 0 Å². The predicted octanol–water partition coefficient (Wildman–Crippen LogP) is 4.92. The van der Waals surface area contributed by atoms with Gasteiger partial charge in [-0.3, -0.25) is 4.98 Å². The largest absolute Gasteiger partial charge is 0.456 e. The van der Waals surface area contributed by atoms with Gasteiger partial charge >= 0.3 is 0 Å². The Hall–Kier alpha value is -1.97. The number of hydrogen-bond donors (Lipinski definition) is 1. The third-order valence-electron chi connectivity index (χ3n) is 2.87. The Balaban J connectivity index is 2.05. The van der Waals surface area contributed by atoms with Crippen LogP contribution in [0.4, 0.5) is 5.69 Å². The summed E-state index contributed by atoms with van der Waals surface area (Å²) in [7, 11) is 0. The Morgan fingerprint density at radius 2 is 1.85 bits per heavy atom. The lowest BCUT2D eigenvalue weighted by molar-refractivity contribution is 0.483. The van der Waals surface area contributed by atoms with Crippen LogP contribution in [0.5, 0.6) is 11.5 Å². The second kappa shape index (κ2) is 5.19. The van der Waals surface area contributed by atoms with Gasteiger partial charge in [-0.05, 0) is 30.3 Å². The molecule has 2 N–H and O–H groups in total. The highest BCUT2D eigenvalue weighted by atomic mass is 35.5. The van der Waals surface area contributed by atoms with Crippen LogP contribution in [-0.4, -0.2) is 4.98 Å². The van der Waals surface area contributed by atoms with Crippen molar-refractivity contribution in [3.05, 3.63) is 58.7 Å². The van der Waals surface area contributed by atoms with Crippen molar-refractivity contribution in [2.75, 3.05) is 5.73 Å². The summed E-state index contributed by atoms with van der Waals surface area (Å²) in [6.07, 6.45) is 1.54. The van der Waals surface area contributed by atoms with Crippen LogP contribution in [0.15, 0.2) is 48.7 Å². The molecule has 0 aliphatic rings. The van der Waals surface area contributed by atoms with E-state index in [-0.39, 0.29) is 0 Å². The third-order valence-corrected chi connectivity index (χ3v) is 3.60. The first-order valence-electron chi connectivity index (χ1n) is 5.91. The van der Waals surface area contributed by atoms with Gasteiger partial charge in [0.2, 0.25) is 0 Å². The van der Waals surface area contributed by atoms with Crippen molar-refractivity contribution in [1.82, 2.24) is 4.98 Å². The molecule has 3 rings (SSSR count). The second-order valence-electron chi connectivity index (χ2n) is 4.24. The smallest absolute Gasteiger partial charge is 0.146 e. The van der Waals surface area contributed by atoms with Crippen LogP contribution in [0.2, 0.25) is 10.0 Å². The number of aromatic nitrogens is 1. The monoisotopic (exact) mass is 304 g/mol. The van der Waals surface area contributed by atoms with Gasteiger partial charge in [0.15, 0.2) is 0 Å². The van der Waals surface area contributed by atoms with E-state index in [1.807, 2.05) is 24.3 Å². The molecule has 0 aliphatic carbocycles. The minimum Gasteiger partial charge on any atom is -0.456 e. The Morgan fingerprint density at radius 3 is 2.65 bits per heavy atom. The van der Waals surface area contributed by atoms with E-state index in [1.165, 1.54) is 0 Å². The van der Waals surface area contributed by atoms with Gasteiger partial charge in [0.25, 0.3) is 0 Å². The van der Waals surface area contributed by atoms with E-state index < -0.39 is 0 Å². The average molecular weight is 305 g/mol. The summed E-state index contributed by atoms with van der Waals surface area (Å²) in [6, 6.07) is 12.7. The Kier molecular flexibility index (Phi) is 3.38. The minimum atomic E-state index is 0.439. The van der Waals surface area contributed by atoms with Crippen LogP contribution in [-0.2, 0) is 0 Å². The number of para-hydroxylation sites is 1. The molecule has 3 aromatic rings. The summed E-state index contributed by atoms with van der Waals surface area (Å²) in [4.78, 5) is 4.22. The molecule has 0 saturated heterocycles. The van der Waals surface area contributed by atoms with Crippen molar-refractivity contribution in [3.8, 4) is 11.5 Å². The zero-order valence-electron chi connectivity index (χ0n) is 10.3. The molecule has 20 heavy (non-hydrogen) atoms. The standard InChI is InChI=1S/C15H10Cl2N2O/c16-11-3-1-2-4-14(11)20-9-5-6-13-10(7-9)15(17)12(18)8-19-13/h1-8H,18H2. The molecule has 1 heterocycles. The summed E-state index contributed by atoms with van der Waals surface area (Å²) >= 11 is 12.3. The molecular formula is C15H10Cl2N2O. The molecule has 0 spiro atoms. The SMILES string of the molecule is Nc1cnc2ccc(Oc3ccccc3Cl)cc2c1Cl. The van der Waals surface area contributed by atoms with Gasteiger partial charge in [-0.1, -0.05) is 35.3 Å². The summed E-state index contributed by atoms with van der Waals surface area (Å²) in [5.74, 6) is 1.21. The van der Waals surface area contributed by atoms with Gasteiger partial charge in [0.1, 0.15) is 11.5 Å². The first-order chi connectivity index (χ1) is 9.65. The van der Waals surface area contributed by atoms with Crippen LogP contribution in [0.25, 0.3) is 10.9 Å². The van der Waals surface area contributed by atoms with Crippen LogP contribution in [0, 0.1) is 0 Å². The average Bonchev–Trinajstić information content (AvgIpc) is 2.46. The van der Waals surface area contributed by atoms with E-state index in [4.69, 9.17) is 33.7 Å². The maximum Gasteiger partial charge on any atom is 0.146 e. The number of anilines is 1. The van der Waals surface area contributed by atoms with Gasteiger partial charge in [-0.15, -0.1) is 0 Å². The fourth-order valence-electron chi connectivity index (χ4n) is 1.87. The van der Waals surface area contributed by atoms with Crippen LogP contribution < -0.4 is 10.5 Å². The van der Waals surface area contributed by atoms with Crippen molar-refractivity contribution in [2.24, 2.45) is 0 Å². The van der Waals surface area contributed by atoms with Crippen molar-refractivity contribution >= 4 is 39.8 Å². The number of benzene rings is 2. The predicted molar refractivity (Wildman–Crippen MR) is 82.7 cm³/mol. The lowest BCUT2D eigenvalue weighted by Crippen LogP contribution is -1.91. The number of nitrogens with two attached hydrogens (primary N) is 1. The van der Waals surface area contributed by atoms with Gasteiger partial charge in [-0.25, -0.2) is 0 Å². The van der Waals surface area contributed by atoms with Gasteiger partial charge in [0, 0.05) is 5.39 Å². The van der Waals surface area contributed by atoms with Gasteiger partial charge < -0.3 is 10.5 Å². The molecule has 100 valence electrons. The fraction of sp³-hybridized carbons (Fsp3) is 0. The highest BCUT2D eigenvalue weighted by Crippen LogP contribution is 2.33. The van der Waals surface area contributed by atoms with Gasteiger partial charge in [0.05, 0.1) is 27.4 Å². The summed E-state index contributed by atoms with van der Waals surface area (Å²) in [6.45, 7) is 0. The molecule has 0 amide bonds. The van der Waals surface area contributed by atoms with Crippen LogP contribution >= 0.6 is 23.2 Å². The Labute approximate surface area is 125 Å². The number of nitrogens with zero attached hydrogens (tertiary/aromatic N) is 1. The number of fused-ring (bicyclic) bond motifs is 1. The molecule has 0 saturated carbocycles. The number of rotatable bonds is 2. The zero-order valence-corrected chi connectivity index (χ0v) is 11.8. The van der Waals surface area contributed by atoms with Crippen molar-refractivity contribution in [3.63, 3.8) is 0 Å². The first kappa shape index (κ1) is 13.0. The fourth-order valence-corrected chi connectivity index (χ4v) is 2.25. The Morgan fingerprint density at radius 1 is 1.05 bits per heavy atom. The van der Waals surface area contributed by atoms with E-state index in [1.54, 1.807) is 24.4 Å². The third kappa shape index (κ3) is 2.38. The quantitative estimate of drug-likeness (QED) is 0.731. The molecule has 3 nitrogen and oxygen atoms in total. The molecule has 0 radical (unpaired) electrons. The number of hydrogen-bond acceptors (Lipinski definition) is 3. The molecule has 0 unspecified atom stereocenters.